The number of rotatable bonds is 5. The number of aliphatic hydroxyl groups is 2. The summed E-state index contributed by atoms with van der Waals surface area (Å²) in [6.07, 6.45) is 7.47. The molecule has 3 nitrogen and oxygen atoms in total. The van der Waals surface area contributed by atoms with Crippen LogP contribution in [0.5, 0.6) is 0 Å². The van der Waals surface area contributed by atoms with Crippen molar-refractivity contribution in [1.29, 1.82) is 0 Å². The van der Waals surface area contributed by atoms with E-state index in [1.807, 2.05) is 6.92 Å². The first-order valence-electron chi connectivity index (χ1n) is 8.39. The third-order valence-corrected chi connectivity index (χ3v) is 4.47. The maximum Gasteiger partial charge on any atom is 0.0854 e. The molecule has 2 rings (SSSR count). The van der Waals surface area contributed by atoms with Gasteiger partial charge in [0.2, 0.25) is 0 Å². The molecule has 0 radical (unpaired) electrons. The van der Waals surface area contributed by atoms with Crippen LogP contribution in [0.25, 0.3) is 0 Å². The second-order valence-electron chi connectivity index (χ2n) is 6.28. The molecule has 0 saturated carbocycles. The quantitative estimate of drug-likeness (QED) is 0.816. The number of aryl methyl sites for hydroxylation is 1. The molecule has 1 aliphatic rings. The van der Waals surface area contributed by atoms with Crippen molar-refractivity contribution in [3.63, 3.8) is 0 Å². The lowest BCUT2D eigenvalue weighted by molar-refractivity contribution is -0.113. The van der Waals surface area contributed by atoms with Gasteiger partial charge in [0.1, 0.15) is 0 Å². The zero-order valence-electron chi connectivity index (χ0n) is 14.3. The largest absolute Gasteiger partial charge is 0.394 e. The zero-order chi connectivity index (χ0) is 16.8. The molecule has 3 heteroatoms. The zero-order valence-corrected chi connectivity index (χ0v) is 14.3. The number of allylic oxidation sites excluding steroid dienone is 4. The molecule has 1 fully saturated rings. The molecule has 0 amide bonds. The fraction of sp³-hybridized carbons (Fsp3) is 0.500. The van der Waals surface area contributed by atoms with Gasteiger partial charge in [0.25, 0.3) is 0 Å². The Morgan fingerprint density at radius 2 is 2.09 bits per heavy atom. The Morgan fingerprint density at radius 3 is 2.74 bits per heavy atom. The summed E-state index contributed by atoms with van der Waals surface area (Å²) in [6.45, 7) is 6.16. The van der Waals surface area contributed by atoms with E-state index in [2.05, 4.69) is 50.3 Å². The molecule has 0 aliphatic carbocycles. The molecular formula is C20H28O3. The fourth-order valence-corrected chi connectivity index (χ4v) is 3.10. The lowest BCUT2D eigenvalue weighted by Crippen LogP contribution is -2.33. The van der Waals surface area contributed by atoms with Gasteiger partial charge in [-0.15, -0.1) is 0 Å². The molecule has 3 atom stereocenters. The van der Waals surface area contributed by atoms with Crippen molar-refractivity contribution in [2.24, 2.45) is 0 Å². The maximum atomic E-state index is 10.0. The summed E-state index contributed by atoms with van der Waals surface area (Å²) in [5, 5.41) is 19.3. The number of hydrogen-bond donors (Lipinski definition) is 2. The van der Waals surface area contributed by atoms with Crippen molar-refractivity contribution in [3.05, 3.63) is 58.7 Å². The summed E-state index contributed by atoms with van der Waals surface area (Å²) in [6, 6.07) is 6.37. The summed E-state index contributed by atoms with van der Waals surface area (Å²) in [5.74, 6) is 0. The van der Waals surface area contributed by atoms with E-state index in [1.165, 1.54) is 16.7 Å². The van der Waals surface area contributed by atoms with Crippen molar-refractivity contribution < 1.29 is 14.9 Å². The van der Waals surface area contributed by atoms with Gasteiger partial charge in [-0.1, -0.05) is 36.4 Å². The first-order valence-corrected chi connectivity index (χ1v) is 8.39. The molecule has 0 spiro atoms. The monoisotopic (exact) mass is 316 g/mol. The Morgan fingerprint density at radius 1 is 1.30 bits per heavy atom. The van der Waals surface area contributed by atoms with E-state index < -0.39 is 6.10 Å². The summed E-state index contributed by atoms with van der Waals surface area (Å²) < 4.78 is 5.93. The van der Waals surface area contributed by atoms with Crippen LogP contribution in [0.4, 0.5) is 0 Å². The number of aliphatic hydroxyl groups excluding tert-OH is 2. The van der Waals surface area contributed by atoms with E-state index in [9.17, 15) is 10.2 Å². The highest BCUT2D eigenvalue weighted by molar-refractivity contribution is 5.37. The Kier molecular flexibility index (Phi) is 6.58. The minimum Gasteiger partial charge on any atom is -0.394 e. The molecule has 2 N–H and O–H groups in total. The van der Waals surface area contributed by atoms with Gasteiger partial charge < -0.3 is 14.9 Å². The van der Waals surface area contributed by atoms with Crippen molar-refractivity contribution in [2.45, 2.75) is 58.3 Å². The molecule has 1 aromatic rings. The third kappa shape index (κ3) is 4.77. The molecule has 0 unspecified atom stereocenters. The van der Waals surface area contributed by atoms with Crippen LogP contribution in [0.2, 0.25) is 0 Å². The number of ether oxygens (including phenoxy) is 1. The van der Waals surface area contributed by atoms with Gasteiger partial charge in [-0.25, -0.2) is 0 Å². The van der Waals surface area contributed by atoms with Crippen LogP contribution >= 0.6 is 0 Å². The van der Waals surface area contributed by atoms with Crippen LogP contribution in [0.1, 0.15) is 49.5 Å². The number of hydrogen-bond acceptors (Lipinski definition) is 3. The highest BCUT2D eigenvalue weighted by Gasteiger charge is 2.29. The highest BCUT2D eigenvalue weighted by atomic mass is 16.5. The Balaban J connectivity index is 2.22. The molecule has 23 heavy (non-hydrogen) atoms. The van der Waals surface area contributed by atoms with Gasteiger partial charge in [0.05, 0.1) is 24.9 Å². The van der Waals surface area contributed by atoms with Crippen LogP contribution in [-0.4, -0.2) is 29.0 Å². The third-order valence-electron chi connectivity index (χ3n) is 4.47. The molecule has 1 aromatic carbocycles. The predicted octanol–water partition coefficient (Wildman–Crippen LogP) is 3.63. The fourth-order valence-electron chi connectivity index (χ4n) is 3.10. The smallest absolute Gasteiger partial charge is 0.0854 e. The van der Waals surface area contributed by atoms with Crippen LogP contribution in [0.3, 0.4) is 0 Å². The lowest BCUT2D eigenvalue weighted by Gasteiger charge is -2.32. The first kappa shape index (κ1) is 17.9. The molecule has 1 aliphatic heterocycles. The second kappa shape index (κ2) is 8.44. The van der Waals surface area contributed by atoms with Gasteiger partial charge in [0, 0.05) is 12.8 Å². The van der Waals surface area contributed by atoms with Crippen LogP contribution < -0.4 is 0 Å². The average molecular weight is 316 g/mol. The second-order valence-corrected chi connectivity index (χ2v) is 6.28. The molecule has 1 heterocycles. The molecule has 0 bridgehead atoms. The van der Waals surface area contributed by atoms with E-state index in [0.29, 0.717) is 12.8 Å². The summed E-state index contributed by atoms with van der Waals surface area (Å²) >= 11 is 0. The highest BCUT2D eigenvalue weighted by Crippen LogP contribution is 2.32. The van der Waals surface area contributed by atoms with Crippen LogP contribution in [0, 0.1) is 6.92 Å². The standard InChI is InChI=1S/C20H28O3/c1-4-6-15(5-2)9-17-10-16(8-7-14(17)3)20-12-18(22)11-19(13-21)23-20/h4-8,10,18-22H,9,11-13H2,1-3H3/b6-4-,15-5+/t18-,19-,20+/m0/s1. The SMILES string of the molecule is C/C=C\C(=C/C)Cc1cc([C@H]2C[C@@H](O)C[C@@H](CO)O2)ccc1C. The van der Waals surface area contributed by atoms with Gasteiger partial charge in [0.15, 0.2) is 0 Å². The van der Waals surface area contributed by atoms with Crippen molar-refractivity contribution in [3.8, 4) is 0 Å². The van der Waals surface area contributed by atoms with E-state index in [1.54, 1.807) is 0 Å². The molecule has 0 aromatic heterocycles. The van der Waals surface area contributed by atoms with E-state index in [0.717, 1.165) is 12.0 Å². The van der Waals surface area contributed by atoms with Crippen molar-refractivity contribution >= 4 is 0 Å². The molecular weight excluding hydrogens is 288 g/mol. The van der Waals surface area contributed by atoms with E-state index in [4.69, 9.17) is 4.74 Å². The van der Waals surface area contributed by atoms with Gasteiger partial charge in [-0.05, 0) is 49.5 Å². The molecule has 1 saturated heterocycles. The summed E-state index contributed by atoms with van der Waals surface area (Å²) in [5.41, 5.74) is 4.90. The van der Waals surface area contributed by atoms with E-state index in [-0.39, 0.29) is 18.8 Å². The Hall–Kier alpha value is -1.42. The van der Waals surface area contributed by atoms with Gasteiger partial charge in [-0.3, -0.25) is 0 Å². The average Bonchev–Trinajstić information content (AvgIpc) is 2.55. The Labute approximate surface area is 139 Å². The number of benzene rings is 1. The molecule has 126 valence electrons. The predicted molar refractivity (Wildman–Crippen MR) is 93.4 cm³/mol. The minimum atomic E-state index is -0.412. The summed E-state index contributed by atoms with van der Waals surface area (Å²) in [7, 11) is 0. The first-order chi connectivity index (χ1) is 11.1. The van der Waals surface area contributed by atoms with Crippen LogP contribution in [0.15, 0.2) is 42.0 Å². The lowest BCUT2D eigenvalue weighted by atomic mass is 9.92. The van der Waals surface area contributed by atoms with E-state index >= 15 is 0 Å². The minimum absolute atomic E-state index is 0.0453. The normalized spacial score (nSPS) is 26.0. The Bertz CT molecular complexity index is 574. The topological polar surface area (TPSA) is 49.7 Å². The van der Waals surface area contributed by atoms with Crippen molar-refractivity contribution in [1.82, 2.24) is 0 Å². The van der Waals surface area contributed by atoms with Gasteiger partial charge >= 0.3 is 0 Å². The van der Waals surface area contributed by atoms with Gasteiger partial charge in [-0.2, -0.15) is 0 Å². The van der Waals surface area contributed by atoms with Crippen LogP contribution in [-0.2, 0) is 11.2 Å². The summed E-state index contributed by atoms with van der Waals surface area (Å²) in [4.78, 5) is 0. The van der Waals surface area contributed by atoms with Crippen molar-refractivity contribution in [2.75, 3.05) is 6.61 Å². The maximum absolute atomic E-state index is 10.0.